The zero-order valence-corrected chi connectivity index (χ0v) is 12.3. The van der Waals surface area contributed by atoms with E-state index in [1.165, 1.54) is 0 Å². The van der Waals surface area contributed by atoms with Crippen LogP contribution in [0.3, 0.4) is 0 Å². The number of rotatable bonds is 9. The number of anilines is 1. The molecule has 0 saturated carbocycles. The van der Waals surface area contributed by atoms with Gasteiger partial charge in [0.1, 0.15) is 5.75 Å². The van der Waals surface area contributed by atoms with Crippen LogP contribution in [0.5, 0.6) is 5.75 Å². The molecule has 0 fully saturated rings. The maximum Gasteiger partial charge on any atom is 0.337 e. The molecule has 0 aliphatic carbocycles. The van der Waals surface area contributed by atoms with E-state index >= 15 is 0 Å². The van der Waals surface area contributed by atoms with E-state index in [1.807, 2.05) is 13.8 Å². The van der Waals surface area contributed by atoms with Crippen LogP contribution in [0, 0.1) is 0 Å². The fourth-order valence-electron chi connectivity index (χ4n) is 1.75. The summed E-state index contributed by atoms with van der Waals surface area (Å²) in [5, 5.41) is 12.3. The minimum atomic E-state index is -0.946. The van der Waals surface area contributed by atoms with Crippen molar-refractivity contribution in [2.75, 3.05) is 25.6 Å². The first-order chi connectivity index (χ1) is 9.54. The summed E-state index contributed by atoms with van der Waals surface area (Å²) in [6.45, 7) is 5.44. The van der Waals surface area contributed by atoms with Crippen LogP contribution >= 0.6 is 0 Å². The van der Waals surface area contributed by atoms with Crippen molar-refractivity contribution in [1.82, 2.24) is 0 Å². The predicted molar refractivity (Wildman–Crippen MR) is 78.8 cm³/mol. The largest absolute Gasteiger partial charge is 0.497 e. The molecule has 0 unspecified atom stereocenters. The molecule has 0 saturated heterocycles. The predicted octanol–water partition coefficient (Wildman–Crippen LogP) is 3.01. The molecule has 0 aliphatic heterocycles. The molecule has 1 aromatic rings. The van der Waals surface area contributed by atoms with Gasteiger partial charge in [-0.2, -0.15) is 0 Å². The van der Waals surface area contributed by atoms with Crippen molar-refractivity contribution in [1.29, 1.82) is 0 Å². The van der Waals surface area contributed by atoms with Gasteiger partial charge in [0.05, 0.1) is 24.5 Å². The normalized spacial score (nSPS) is 10.6. The van der Waals surface area contributed by atoms with E-state index in [1.54, 1.807) is 25.3 Å². The molecule has 5 nitrogen and oxygen atoms in total. The summed E-state index contributed by atoms with van der Waals surface area (Å²) in [5.41, 5.74) is 0.839. The van der Waals surface area contributed by atoms with Crippen molar-refractivity contribution in [3.63, 3.8) is 0 Å². The maximum atomic E-state index is 11.1. The summed E-state index contributed by atoms with van der Waals surface area (Å²) in [6.07, 6.45) is 2.11. The second-order valence-electron chi connectivity index (χ2n) is 4.77. The third-order valence-electron chi connectivity index (χ3n) is 2.79. The van der Waals surface area contributed by atoms with Crippen molar-refractivity contribution < 1.29 is 19.4 Å². The molecule has 112 valence electrons. The first kappa shape index (κ1) is 16.3. The molecule has 1 aromatic carbocycles. The van der Waals surface area contributed by atoms with E-state index in [0.29, 0.717) is 18.0 Å². The van der Waals surface area contributed by atoms with Gasteiger partial charge >= 0.3 is 5.97 Å². The molecule has 20 heavy (non-hydrogen) atoms. The SMILES string of the molecule is COc1ccc(C(=O)O)c(NCCCCOC(C)C)c1. The van der Waals surface area contributed by atoms with Gasteiger partial charge in [-0.1, -0.05) is 0 Å². The van der Waals surface area contributed by atoms with Gasteiger partial charge in [-0.25, -0.2) is 4.79 Å². The Kier molecular flexibility index (Phi) is 6.87. The Morgan fingerprint density at radius 3 is 2.70 bits per heavy atom. The van der Waals surface area contributed by atoms with Crippen LogP contribution in [0.2, 0.25) is 0 Å². The lowest BCUT2D eigenvalue weighted by Crippen LogP contribution is -2.09. The lowest BCUT2D eigenvalue weighted by atomic mass is 10.1. The number of hydrogen-bond donors (Lipinski definition) is 2. The highest BCUT2D eigenvalue weighted by molar-refractivity contribution is 5.94. The fourth-order valence-corrected chi connectivity index (χ4v) is 1.75. The van der Waals surface area contributed by atoms with Crippen LogP contribution in [0.25, 0.3) is 0 Å². The summed E-state index contributed by atoms with van der Waals surface area (Å²) in [7, 11) is 1.56. The highest BCUT2D eigenvalue weighted by Gasteiger charge is 2.10. The van der Waals surface area contributed by atoms with Gasteiger partial charge in [-0.3, -0.25) is 0 Å². The standard InChI is InChI=1S/C15H23NO4/c1-11(2)20-9-5-4-8-16-14-10-12(19-3)6-7-13(14)15(17)18/h6-7,10-11,16H,4-5,8-9H2,1-3H3,(H,17,18). The van der Waals surface area contributed by atoms with Crippen molar-refractivity contribution in [2.45, 2.75) is 32.8 Å². The van der Waals surface area contributed by atoms with Crippen molar-refractivity contribution in [2.24, 2.45) is 0 Å². The van der Waals surface area contributed by atoms with Crippen LogP contribution in [0.15, 0.2) is 18.2 Å². The molecular formula is C15H23NO4. The highest BCUT2D eigenvalue weighted by Crippen LogP contribution is 2.22. The van der Waals surface area contributed by atoms with Gasteiger partial charge < -0.3 is 19.9 Å². The third-order valence-corrected chi connectivity index (χ3v) is 2.79. The van der Waals surface area contributed by atoms with Gasteiger partial charge in [0.2, 0.25) is 0 Å². The lowest BCUT2D eigenvalue weighted by molar-refractivity contribution is 0.0697. The number of aromatic carboxylic acids is 1. The molecule has 5 heteroatoms. The van der Waals surface area contributed by atoms with E-state index < -0.39 is 5.97 Å². The summed E-state index contributed by atoms with van der Waals surface area (Å²) < 4.78 is 10.6. The number of methoxy groups -OCH3 is 1. The Labute approximate surface area is 119 Å². The van der Waals surface area contributed by atoms with Gasteiger partial charge in [0.25, 0.3) is 0 Å². The van der Waals surface area contributed by atoms with E-state index in [2.05, 4.69) is 5.32 Å². The zero-order valence-electron chi connectivity index (χ0n) is 12.3. The number of carbonyl (C=O) groups is 1. The van der Waals surface area contributed by atoms with E-state index in [0.717, 1.165) is 19.4 Å². The molecule has 0 heterocycles. The average Bonchev–Trinajstić information content (AvgIpc) is 2.41. The molecule has 0 aromatic heterocycles. The number of carboxylic acid groups (broad SMARTS) is 1. The second-order valence-corrected chi connectivity index (χ2v) is 4.77. The Bertz CT molecular complexity index is 432. The quantitative estimate of drug-likeness (QED) is 0.681. The Morgan fingerprint density at radius 1 is 1.35 bits per heavy atom. The molecule has 0 amide bonds. The maximum absolute atomic E-state index is 11.1. The Morgan fingerprint density at radius 2 is 2.10 bits per heavy atom. The fraction of sp³-hybridized carbons (Fsp3) is 0.533. The third kappa shape index (κ3) is 5.48. The zero-order chi connectivity index (χ0) is 15.0. The monoisotopic (exact) mass is 281 g/mol. The van der Waals surface area contributed by atoms with Crippen molar-refractivity contribution in [3.05, 3.63) is 23.8 Å². The van der Waals surface area contributed by atoms with Crippen LogP contribution in [-0.4, -0.2) is 37.4 Å². The highest BCUT2D eigenvalue weighted by atomic mass is 16.5. The van der Waals surface area contributed by atoms with Gasteiger partial charge in [0.15, 0.2) is 0 Å². The minimum absolute atomic E-state index is 0.250. The number of benzene rings is 1. The number of nitrogens with one attached hydrogen (secondary N) is 1. The molecule has 0 bridgehead atoms. The smallest absolute Gasteiger partial charge is 0.337 e. The number of hydrogen-bond acceptors (Lipinski definition) is 4. The summed E-state index contributed by atoms with van der Waals surface area (Å²) in [4.78, 5) is 11.1. The van der Waals surface area contributed by atoms with E-state index in [9.17, 15) is 4.79 Å². The Hall–Kier alpha value is -1.75. The topological polar surface area (TPSA) is 67.8 Å². The molecular weight excluding hydrogens is 258 g/mol. The summed E-state index contributed by atoms with van der Waals surface area (Å²) >= 11 is 0. The van der Waals surface area contributed by atoms with Crippen molar-refractivity contribution >= 4 is 11.7 Å². The van der Waals surface area contributed by atoms with Gasteiger partial charge in [0, 0.05) is 19.2 Å². The van der Waals surface area contributed by atoms with E-state index in [-0.39, 0.29) is 11.7 Å². The second kappa shape index (κ2) is 8.43. The van der Waals surface area contributed by atoms with Gasteiger partial charge in [-0.15, -0.1) is 0 Å². The van der Waals surface area contributed by atoms with Crippen LogP contribution in [0.4, 0.5) is 5.69 Å². The number of unbranched alkanes of at least 4 members (excludes halogenated alkanes) is 1. The van der Waals surface area contributed by atoms with E-state index in [4.69, 9.17) is 14.6 Å². The molecule has 0 spiro atoms. The summed E-state index contributed by atoms with van der Waals surface area (Å²) in [6, 6.07) is 4.89. The van der Waals surface area contributed by atoms with Crippen LogP contribution in [0.1, 0.15) is 37.0 Å². The van der Waals surface area contributed by atoms with Gasteiger partial charge in [-0.05, 0) is 38.8 Å². The lowest BCUT2D eigenvalue weighted by Gasteiger charge is -2.12. The molecule has 0 radical (unpaired) electrons. The Balaban J connectivity index is 2.47. The minimum Gasteiger partial charge on any atom is -0.497 e. The molecule has 0 aliphatic rings. The summed E-state index contributed by atoms with van der Waals surface area (Å²) in [5.74, 6) is -0.307. The van der Waals surface area contributed by atoms with Crippen LogP contribution < -0.4 is 10.1 Å². The number of ether oxygens (including phenoxy) is 2. The molecule has 1 rings (SSSR count). The molecule has 0 atom stereocenters. The van der Waals surface area contributed by atoms with Crippen molar-refractivity contribution in [3.8, 4) is 5.75 Å². The number of carboxylic acids is 1. The first-order valence-electron chi connectivity index (χ1n) is 6.81. The first-order valence-corrected chi connectivity index (χ1v) is 6.81. The average molecular weight is 281 g/mol. The molecule has 2 N–H and O–H groups in total. The van der Waals surface area contributed by atoms with Crippen LogP contribution in [-0.2, 0) is 4.74 Å².